The van der Waals surface area contributed by atoms with Gasteiger partial charge in [0.1, 0.15) is 0 Å². The Balaban J connectivity index is 0.000000187. The molecule has 0 saturated heterocycles. The fraction of sp³-hybridized carbons (Fsp3) is 0.364. The first kappa shape index (κ1) is 36.9. The smallest absolute Gasteiger partial charge is 0.0945 e. The highest BCUT2D eigenvalue weighted by molar-refractivity contribution is 7.20. The molecule has 3 unspecified atom stereocenters. The highest BCUT2D eigenvalue weighted by Crippen LogP contribution is 2.58. The molecule has 7 rings (SSSR count). The van der Waals surface area contributed by atoms with Gasteiger partial charge in [-0.3, -0.25) is 0 Å². The van der Waals surface area contributed by atoms with E-state index in [4.69, 9.17) is 5.73 Å². The minimum absolute atomic E-state index is 0.657. The topological polar surface area (TPSA) is 38.0 Å². The summed E-state index contributed by atoms with van der Waals surface area (Å²) < 4.78 is 12.4. The third-order valence-electron chi connectivity index (χ3n) is 9.15. The molecule has 1 saturated carbocycles. The summed E-state index contributed by atoms with van der Waals surface area (Å²) in [5.74, 6) is 2.03. The van der Waals surface area contributed by atoms with Crippen molar-refractivity contribution in [2.45, 2.75) is 86.2 Å². The van der Waals surface area contributed by atoms with Crippen LogP contribution in [-0.2, 0) is 0 Å². The lowest BCUT2D eigenvalue weighted by Crippen LogP contribution is -2.36. The molecule has 1 aliphatic heterocycles. The summed E-state index contributed by atoms with van der Waals surface area (Å²) in [6.07, 6.45) is 21.6. The average Bonchev–Trinajstić information content (AvgIpc) is 3.45. The molecule has 4 aliphatic rings. The highest BCUT2D eigenvalue weighted by atomic mass is 32.1. The molecule has 0 spiro atoms. The van der Waals surface area contributed by atoms with Crippen molar-refractivity contribution in [3.05, 3.63) is 141 Å². The van der Waals surface area contributed by atoms with Gasteiger partial charge in [0, 0.05) is 21.8 Å². The molecule has 3 aliphatic carbocycles. The number of dihydropyridines is 1. The first-order chi connectivity index (χ1) is 23.3. The number of nitrogens with two attached hydrogens (primary N) is 1. The van der Waals surface area contributed by atoms with Gasteiger partial charge in [0.25, 0.3) is 0 Å². The second kappa shape index (κ2) is 18.0. The Labute approximate surface area is 293 Å². The average molecular weight is 663 g/mol. The Hall–Kier alpha value is -3.89. The number of hydrogen-bond acceptors (Lipinski definition) is 3. The van der Waals surface area contributed by atoms with Crippen molar-refractivity contribution in [1.82, 2.24) is 5.32 Å². The number of hydrogen-bond donors (Lipinski definition) is 2. The predicted octanol–water partition coefficient (Wildman–Crippen LogP) is 12.5. The number of benzene rings is 2. The molecule has 0 amide bonds. The molecule has 1 fully saturated rings. The maximum atomic E-state index is 11.0. The number of allylic oxidation sites excluding steroid dienone is 9. The lowest BCUT2D eigenvalue weighted by Gasteiger charge is -2.47. The standard InChI is InChI=1S/C20H21NS.C19H21N.C3H7F.C2H6/c1-12(7-8-21)9-14-11-16-19(14)13(2)10-18-20(16)15-5-3-4-6-17(15)22-18;1-2-15-13-19(17-11-7-4-8-12-17)20-14-18(15)16-9-5-3-6-10-16;1-3(2)4;1-2/h3-10,14,16,19H,11,21H2,1-2H3;3,5-7,9-13,20H,2,4,8,14H2,1H3;3H,1-2H3;1-2H3/b8-7-,12-9-;;;. The number of rotatable bonds is 5. The van der Waals surface area contributed by atoms with Crippen LogP contribution in [0.2, 0.25) is 0 Å². The monoisotopic (exact) mass is 662 g/mol. The van der Waals surface area contributed by atoms with Crippen LogP contribution >= 0.6 is 11.3 Å². The van der Waals surface area contributed by atoms with E-state index in [0.29, 0.717) is 17.8 Å². The van der Waals surface area contributed by atoms with E-state index >= 15 is 0 Å². The van der Waals surface area contributed by atoms with Gasteiger partial charge in [-0.15, -0.1) is 11.3 Å². The van der Waals surface area contributed by atoms with E-state index in [1.54, 1.807) is 17.3 Å². The molecule has 3 N–H and O–H groups in total. The summed E-state index contributed by atoms with van der Waals surface area (Å²) >= 11 is 1.95. The second-order valence-corrected chi connectivity index (χ2v) is 13.9. The van der Waals surface area contributed by atoms with Crippen molar-refractivity contribution < 1.29 is 4.39 Å². The molecule has 2 nitrogen and oxygen atoms in total. The Morgan fingerprint density at radius 2 is 1.75 bits per heavy atom. The third kappa shape index (κ3) is 8.96. The summed E-state index contributed by atoms with van der Waals surface area (Å²) in [6, 6.07) is 19.6. The normalized spacial score (nSPS) is 21.1. The molecular formula is C44H55FN2S. The molecule has 254 valence electrons. The van der Waals surface area contributed by atoms with Gasteiger partial charge in [-0.1, -0.05) is 105 Å². The van der Waals surface area contributed by atoms with Crippen molar-refractivity contribution in [3.8, 4) is 0 Å². The van der Waals surface area contributed by atoms with Crippen LogP contribution in [0.15, 0.2) is 125 Å². The van der Waals surface area contributed by atoms with Gasteiger partial charge in [-0.2, -0.15) is 0 Å². The van der Waals surface area contributed by atoms with Crippen LogP contribution in [0.1, 0.15) is 96.1 Å². The Morgan fingerprint density at radius 1 is 1.04 bits per heavy atom. The molecule has 1 aromatic heterocycles. The fourth-order valence-electron chi connectivity index (χ4n) is 7.09. The zero-order valence-corrected chi connectivity index (χ0v) is 30.8. The second-order valence-electron chi connectivity index (χ2n) is 12.9. The molecule has 2 heterocycles. The zero-order chi connectivity index (χ0) is 34.6. The molecule has 3 atom stereocenters. The van der Waals surface area contributed by atoms with E-state index in [-0.39, 0.29) is 0 Å². The lowest BCUT2D eigenvalue weighted by molar-refractivity contribution is 0.214. The molecular weight excluding hydrogens is 608 g/mol. The zero-order valence-electron chi connectivity index (χ0n) is 30.0. The van der Waals surface area contributed by atoms with Crippen molar-refractivity contribution >= 4 is 33.1 Å². The van der Waals surface area contributed by atoms with E-state index in [1.807, 2.05) is 31.3 Å². The number of nitrogens with one attached hydrogen (secondary N) is 1. The molecule has 0 bridgehead atoms. The van der Waals surface area contributed by atoms with E-state index in [0.717, 1.165) is 19.4 Å². The number of thiophene rings is 1. The quantitative estimate of drug-likeness (QED) is 0.267. The predicted molar refractivity (Wildman–Crippen MR) is 211 cm³/mol. The highest BCUT2D eigenvalue weighted by Gasteiger charge is 2.45. The van der Waals surface area contributed by atoms with Crippen molar-refractivity contribution in [3.63, 3.8) is 0 Å². The summed E-state index contributed by atoms with van der Waals surface area (Å²) in [4.78, 5) is 1.49. The molecule has 0 radical (unpaired) electrons. The first-order valence-electron chi connectivity index (χ1n) is 17.8. The molecule has 48 heavy (non-hydrogen) atoms. The summed E-state index contributed by atoms with van der Waals surface area (Å²) in [7, 11) is 0. The Bertz CT molecular complexity index is 1720. The van der Waals surface area contributed by atoms with Crippen molar-refractivity contribution in [2.24, 2.45) is 17.6 Å². The van der Waals surface area contributed by atoms with Crippen molar-refractivity contribution in [2.75, 3.05) is 6.54 Å². The van der Waals surface area contributed by atoms with E-state index < -0.39 is 6.17 Å². The SMILES string of the molecule is CC.CC(C)F.CC1=Cc2sc3ccccc3c2C2CC(/C=C(C)\C=C/N)C12.CCC1=C(c2ccccc2)CNC(C2=CCCC=C2)=C1. The van der Waals surface area contributed by atoms with Gasteiger partial charge in [-0.25, -0.2) is 4.39 Å². The van der Waals surface area contributed by atoms with E-state index in [9.17, 15) is 4.39 Å². The largest absolute Gasteiger partial charge is 0.405 e. The van der Waals surface area contributed by atoms with Crippen LogP contribution in [0, 0.1) is 11.8 Å². The van der Waals surface area contributed by atoms with Crippen LogP contribution in [0.5, 0.6) is 0 Å². The van der Waals surface area contributed by atoms with Crippen LogP contribution in [0.25, 0.3) is 21.7 Å². The number of fused-ring (bicyclic) bond motifs is 5. The van der Waals surface area contributed by atoms with Gasteiger partial charge in [-0.05, 0) is 135 Å². The van der Waals surface area contributed by atoms with Crippen LogP contribution in [-0.4, -0.2) is 12.7 Å². The van der Waals surface area contributed by atoms with Crippen LogP contribution < -0.4 is 11.1 Å². The maximum absolute atomic E-state index is 11.0. The summed E-state index contributed by atoms with van der Waals surface area (Å²) in [5.41, 5.74) is 16.8. The van der Waals surface area contributed by atoms with E-state index in [2.05, 4.69) is 117 Å². The van der Waals surface area contributed by atoms with Gasteiger partial charge in [0.15, 0.2) is 0 Å². The number of alkyl halides is 1. The van der Waals surface area contributed by atoms with Crippen molar-refractivity contribution in [1.29, 1.82) is 0 Å². The fourth-order valence-corrected chi connectivity index (χ4v) is 8.37. The summed E-state index contributed by atoms with van der Waals surface area (Å²) in [6.45, 7) is 14.6. The number of halogens is 1. The van der Waals surface area contributed by atoms with Gasteiger partial charge in [0.05, 0.1) is 6.17 Å². The molecule has 2 aromatic carbocycles. The lowest BCUT2D eigenvalue weighted by atomic mass is 9.57. The first-order valence-corrected chi connectivity index (χ1v) is 18.6. The minimum atomic E-state index is -0.667. The third-order valence-corrected chi connectivity index (χ3v) is 10.3. The van der Waals surface area contributed by atoms with Crippen LogP contribution in [0.3, 0.4) is 0 Å². The maximum Gasteiger partial charge on any atom is 0.0945 e. The molecule has 3 aromatic rings. The van der Waals surface area contributed by atoms with E-state index in [1.165, 1.54) is 75.2 Å². The van der Waals surface area contributed by atoms with Crippen LogP contribution in [0.4, 0.5) is 4.39 Å². The van der Waals surface area contributed by atoms with Gasteiger partial charge in [0.2, 0.25) is 0 Å². The minimum Gasteiger partial charge on any atom is -0.405 e. The summed E-state index contributed by atoms with van der Waals surface area (Å²) in [5, 5.41) is 5.06. The Kier molecular flexibility index (Phi) is 13.9. The Morgan fingerprint density at radius 3 is 2.42 bits per heavy atom. The van der Waals surface area contributed by atoms with Gasteiger partial charge < -0.3 is 11.1 Å². The van der Waals surface area contributed by atoms with Gasteiger partial charge >= 0.3 is 0 Å². The molecule has 4 heteroatoms.